The Kier molecular flexibility index (Phi) is 4.28. The van der Waals surface area contributed by atoms with Gasteiger partial charge in [0.2, 0.25) is 5.82 Å². The third kappa shape index (κ3) is 3.48. The summed E-state index contributed by atoms with van der Waals surface area (Å²) in [4.78, 5) is 16.3. The molecule has 0 bridgehead atoms. The summed E-state index contributed by atoms with van der Waals surface area (Å²) in [6.45, 7) is 0. The Bertz CT molecular complexity index is 587. The standard InChI is InChI=1S/C16H19N3O2/c20-15(17-13-10-6-1-2-7-11-13)16-18-14(19-21-16)12-8-4-3-5-9-12/h3-5,8-9,13H,1-2,6-7,10-11H2,(H,17,20). The van der Waals surface area contributed by atoms with Crippen molar-refractivity contribution in [2.45, 2.75) is 44.6 Å². The van der Waals surface area contributed by atoms with Gasteiger partial charge in [0.05, 0.1) is 0 Å². The topological polar surface area (TPSA) is 68.0 Å². The van der Waals surface area contributed by atoms with Crippen LogP contribution in [-0.2, 0) is 0 Å². The molecule has 0 radical (unpaired) electrons. The van der Waals surface area contributed by atoms with Crippen LogP contribution >= 0.6 is 0 Å². The number of carbonyl (C=O) groups excluding carboxylic acids is 1. The van der Waals surface area contributed by atoms with E-state index in [0.29, 0.717) is 5.82 Å². The fourth-order valence-electron chi connectivity index (χ4n) is 2.69. The maximum absolute atomic E-state index is 12.2. The summed E-state index contributed by atoms with van der Waals surface area (Å²) in [5, 5.41) is 6.88. The number of carbonyl (C=O) groups is 1. The van der Waals surface area contributed by atoms with Crippen molar-refractivity contribution in [3.05, 3.63) is 36.2 Å². The van der Waals surface area contributed by atoms with Gasteiger partial charge in [0.25, 0.3) is 0 Å². The van der Waals surface area contributed by atoms with E-state index >= 15 is 0 Å². The van der Waals surface area contributed by atoms with Crippen molar-refractivity contribution < 1.29 is 9.32 Å². The quantitative estimate of drug-likeness (QED) is 0.879. The van der Waals surface area contributed by atoms with Crippen LogP contribution in [0.1, 0.15) is 49.2 Å². The molecule has 110 valence electrons. The molecule has 2 aromatic rings. The second-order valence-electron chi connectivity index (χ2n) is 5.45. The predicted octanol–water partition coefficient (Wildman–Crippen LogP) is 3.19. The fraction of sp³-hybridized carbons (Fsp3) is 0.438. The number of rotatable bonds is 3. The molecule has 1 aromatic heterocycles. The summed E-state index contributed by atoms with van der Waals surface area (Å²) in [5.41, 5.74) is 0.842. The van der Waals surface area contributed by atoms with E-state index in [1.165, 1.54) is 25.7 Å². The summed E-state index contributed by atoms with van der Waals surface area (Å²) in [5.74, 6) is 0.219. The molecule has 1 aliphatic rings. The fourth-order valence-corrected chi connectivity index (χ4v) is 2.69. The van der Waals surface area contributed by atoms with Crippen molar-refractivity contribution in [3.8, 4) is 11.4 Å². The second-order valence-corrected chi connectivity index (χ2v) is 5.45. The van der Waals surface area contributed by atoms with E-state index in [9.17, 15) is 4.79 Å². The third-order valence-corrected chi connectivity index (χ3v) is 3.84. The van der Waals surface area contributed by atoms with Gasteiger partial charge in [-0.05, 0) is 12.8 Å². The summed E-state index contributed by atoms with van der Waals surface area (Å²) in [6, 6.07) is 9.72. The van der Waals surface area contributed by atoms with Crippen LogP contribution in [0.2, 0.25) is 0 Å². The zero-order valence-electron chi connectivity index (χ0n) is 11.9. The average molecular weight is 285 g/mol. The number of nitrogens with zero attached hydrogens (tertiary/aromatic N) is 2. The van der Waals surface area contributed by atoms with Crippen molar-refractivity contribution in [1.29, 1.82) is 0 Å². The highest BCUT2D eigenvalue weighted by Gasteiger charge is 2.20. The van der Waals surface area contributed by atoms with Gasteiger partial charge in [0, 0.05) is 11.6 Å². The highest BCUT2D eigenvalue weighted by atomic mass is 16.5. The zero-order valence-corrected chi connectivity index (χ0v) is 11.9. The Hall–Kier alpha value is -2.17. The van der Waals surface area contributed by atoms with E-state index in [1.54, 1.807) is 0 Å². The Morgan fingerprint density at radius 2 is 1.81 bits per heavy atom. The smallest absolute Gasteiger partial charge is 0.316 e. The molecule has 0 spiro atoms. The molecule has 1 saturated carbocycles. The lowest BCUT2D eigenvalue weighted by Gasteiger charge is -2.14. The first-order valence-corrected chi connectivity index (χ1v) is 7.53. The highest BCUT2D eigenvalue weighted by molar-refractivity contribution is 5.90. The maximum Gasteiger partial charge on any atom is 0.316 e. The molecule has 0 atom stereocenters. The van der Waals surface area contributed by atoms with E-state index in [1.807, 2.05) is 30.3 Å². The van der Waals surface area contributed by atoms with Crippen LogP contribution < -0.4 is 5.32 Å². The molecule has 1 aromatic carbocycles. The van der Waals surface area contributed by atoms with Crippen LogP contribution in [0.25, 0.3) is 11.4 Å². The summed E-state index contributed by atoms with van der Waals surface area (Å²) >= 11 is 0. The van der Waals surface area contributed by atoms with Gasteiger partial charge in [-0.1, -0.05) is 61.2 Å². The predicted molar refractivity (Wildman–Crippen MR) is 78.7 cm³/mol. The number of aromatic nitrogens is 2. The van der Waals surface area contributed by atoms with E-state index in [4.69, 9.17) is 4.52 Å². The molecular formula is C16H19N3O2. The number of benzene rings is 1. The number of nitrogens with one attached hydrogen (secondary N) is 1. The first-order valence-electron chi connectivity index (χ1n) is 7.53. The monoisotopic (exact) mass is 285 g/mol. The van der Waals surface area contributed by atoms with Crippen molar-refractivity contribution in [2.75, 3.05) is 0 Å². The molecule has 0 unspecified atom stereocenters. The SMILES string of the molecule is O=C(NC1CCCCCC1)c1nc(-c2ccccc2)no1. The normalized spacial score (nSPS) is 16.4. The van der Waals surface area contributed by atoms with Crippen LogP contribution in [0.4, 0.5) is 0 Å². The Labute approximate surface area is 123 Å². The van der Waals surface area contributed by atoms with E-state index < -0.39 is 0 Å². The van der Waals surface area contributed by atoms with Gasteiger partial charge in [0.15, 0.2) is 0 Å². The highest BCUT2D eigenvalue weighted by Crippen LogP contribution is 2.18. The minimum absolute atomic E-state index is 0.0399. The van der Waals surface area contributed by atoms with Crippen LogP contribution in [0.5, 0.6) is 0 Å². The molecule has 3 rings (SSSR count). The van der Waals surface area contributed by atoms with Crippen LogP contribution in [0.15, 0.2) is 34.9 Å². The lowest BCUT2D eigenvalue weighted by Crippen LogP contribution is -2.34. The van der Waals surface area contributed by atoms with Crippen molar-refractivity contribution in [1.82, 2.24) is 15.5 Å². The second kappa shape index (κ2) is 6.52. The first-order chi connectivity index (χ1) is 10.3. The molecule has 5 heteroatoms. The molecule has 1 aliphatic carbocycles. The van der Waals surface area contributed by atoms with E-state index in [2.05, 4.69) is 15.5 Å². The third-order valence-electron chi connectivity index (χ3n) is 3.84. The van der Waals surface area contributed by atoms with Crippen LogP contribution in [0, 0.1) is 0 Å². The minimum atomic E-state index is -0.267. The molecular weight excluding hydrogens is 266 g/mol. The molecule has 1 heterocycles. The molecule has 0 saturated heterocycles. The number of hydrogen-bond donors (Lipinski definition) is 1. The zero-order chi connectivity index (χ0) is 14.5. The molecule has 1 N–H and O–H groups in total. The van der Waals surface area contributed by atoms with Crippen molar-refractivity contribution >= 4 is 5.91 Å². The summed E-state index contributed by atoms with van der Waals surface area (Å²) in [7, 11) is 0. The van der Waals surface area contributed by atoms with Gasteiger partial charge in [-0.25, -0.2) is 0 Å². The molecule has 0 aliphatic heterocycles. The molecule has 1 amide bonds. The average Bonchev–Trinajstić information content (AvgIpc) is 2.88. The maximum atomic E-state index is 12.2. The number of amides is 1. The van der Waals surface area contributed by atoms with Crippen LogP contribution in [0.3, 0.4) is 0 Å². The van der Waals surface area contributed by atoms with Gasteiger partial charge in [0.1, 0.15) is 0 Å². The molecule has 5 nitrogen and oxygen atoms in total. The van der Waals surface area contributed by atoms with Gasteiger partial charge in [-0.15, -0.1) is 0 Å². The summed E-state index contributed by atoms with van der Waals surface area (Å²) < 4.78 is 5.08. The van der Waals surface area contributed by atoms with E-state index in [-0.39, 0.29) is 17.8 Å². The van der Waals surface area contributed by atoms with Gasteiger partial charge in [-0.2, -0.15) is 4.98 Å². The lowest BCUT2D eigenvalue weighted by molar-refractivity contribution is 0.0889. The number of hydrogen-bond acceptors (Lipinski definition) is 4. The van der Waals surface area contributed by atoms with Crippen LogP contribution in [-0.4, -0.2) is 22.1 Å². The Morgan fingerprint density at radius 3 is 2.52 bits per heavy atom. The first kappa shape index (κ1) is 13.8. The van der Waals surface area contributed by atoms with Gasteiger partial charge in [-0.3, -0.25) is 4.79 Å². The van der Waals surface area contributed by atoms with Gasteiger partial charge < -0.3 is 9.84 Å². The molecule has 21 heavy (non-hydrogen) atoms. The summed E-state index contributed by atoms with van der Waals surface area (Å²) in [6.07, 6.45) is 6.92. The lowest BCUT2D eigenvalue weighted by atomic mass is 10.1. The van der Waals surface area contributed by atoms with E-state index in [0.717, 1.165) is 18.4 Å². The largest absolute Gasteiger partial charge is 0.345 e. The Morgan fingerprint density at radius 1 is 1.10 bits per heavy atom. The molecule has 1 fully saturated rings. The van der Waals surface area contributed by atoms with Crippen molar-refractivity contribution in [2.24, 2.45) is 0 Å². The minimum Gasteiger partial charge on any atom is -0.345 e. The Balaban J connectivity index is 1.66. The van der Waals surface area contributed by atoms with Gasteiger partial charge >= 0.3 is 11.8 Å². The van der Waals surface area contributed by atoms with Crippen molar-refractivity contribution in [3.63, 3.8) is 0 Å².